The van der Waals surface area contributed by atoms with Crippen LogP contribution in [0.25, 0.3) is 0 Å². The molecule has 3 rings (SSSR count). The maximum Gasteiger partial charge on any atom is 0.264 e. The van der Waals surface area contributed by atoms with Gasteiger partial charge in [0.1, 0.15) is 18.4 Å². The number of carbonyl (C=O) groups excluding carboxylic acids is 2. The monoisotopic (exact) mass is 539 g/mol. The van der Waals surface area contributed by atoms with Crippen molar-refractivity contribution in [3.63, 3.8) is 0 Å². The van der Waals surface area contributed by atoms with Gasteiger partial charge in [-0.1, -0.05) is 54.1 Å². The first kappa shape index (κ1) is 28.8. The molecule has 0 radical (unpaired) electrons. The third kappa shape index (κ3) is 7.19. The third-order valence-electron chi connectivity index (χ3n) is 5.90. The quantitative estimate of drug-likeness (QED) is 0.429. The van der Waals surface area contributed by atoms with Crippen LogP contribution >= 0.6 is 0 Å². The van der Waals surface area contributed by atoms with Crippen LogP contribution < -0.4 is 9.62 Å². The van der Waals surface area contributed by atoms with Gasteiger partial charge in [0, 0.05) is 17.6 Å². The highest BCUT2D eigenvalue weighted by Gasteiger charge is 2.33. The molecule has 0 aliphatic rings. The van der Waals surface area contributed by atoms with Crippen molar-refractivity contribution in [3.05, 3.63) is 95.8 Å². The molecule has 0 aliphatic heterocycles. The largest absolute Gasteiger partial charge is 0.350 e. The van der Waals surface area contributed by atoms with E-state index >= 15 is 0 Å². The number of halogens is 1. The van der Waals surface area contributed by atoms with Crippen molar-refractivity contribution in [1.29, 1.82) is 0 Å². The molecule has 0 heterocycles. The minimum atomic E-state index is -4.14. The molecule has 0 bridgehead atoms. The summed E-state index contributed by atoms with van der Waals surface area (Å²) in [7, 11) is -4.14. The van der Waals surface area contributed by atoms with Gasteiger partial charge in [-0.05, 0) is 65.0 Å². The predicted molar refractivity (Wildman–Crippen MR) is 146 cm³/mol. The number of benzene rings is 3. The Morgan fingerprint density at radius 2 is 1.50 bits per heavy atom. The summed E-state index contributed by atoms with van der Waals surface area (Å²) in [5, 5.41) is 2.84. The lowest BCUT2D eigenvalue weighted by Gasteiger charge is -2.33. The molecule has 202 valence electrons. The van der Waals surface area contributed by atoms with Gasteiger partial charge in [-0.3, -0.25) is 13.9 Å². The predicted octanol–water partition coefficient (Wildman–Crippen LogP) is 4.66. The SMILES string of the molecule is Cc1ccc(S(=O)(=O)N(CC(=O)N(Cc2ccccc2F)[C@H](C)C(=O)NC(C)(C)C)c2ccccc2)cc1. The molecule has 0 unspecified atom stereocenters. The molecule has 0 saturated carbocycles. The number of carbonyl (C=O) groups is 2. The van der Waals surface area contributed by atoms with Crippen LogP contribution in [0.3, 0.4) is 0 Å². The molecule has 0 spiro atoms. The molecule has 3 aromatic rings. The molecule has 0 saturated heterocycles. The van der Waals surface area contributed by atoms with Crippen molar-refractivity contribution in [2.75, 3.05) is 10.8 Å². The normalized spacial score (nSPS) is 12.5. The Labute approximate surface area is 224 Å². The van der Waals surface area contributed by atoms with Gasteiger partial charge in [0.2, 0.25) is 11.8 Å². The van der Waals surface area contributed by atoms with Gasteiger partial charge in [0.15, 0.2) is 0 Å². The van der Waals surface area contributed by atoms with Crippen molar-refractivity contribution >= 4 is 27.5 Å². The second-order valence-corrected chi connectivity index (χ2v) is 12.1. The third-order valence-corrected chi connectivity index (χ3v) is 7.68. The zero-order valence-corrected chi connectivity index (χ0v) is 23.1. The molecular weight excluding hydrogens is 505 g/mol. The number of nitrogens with one attached hydrogen (secondary N) is 1. The van der Waals surface area contributed by atoms with Crippen LogP contribution in [0, 0.1) is 12.7 Å². The molecule has 3 aromatic carbocycles. The van der Waals surface area contributed by atoms with E-state index in [1.165, 1.54) is 35.2 Å². The fourth-order valence-electron chi connectivity index (χ4n) is 3.83. The number of amides is 2. The van der Waals surface area contributed by atoms with E-state index in [1.54, 1.807) is 55.5 Å². The van der Waals surface area contributed by atoms with Crippen molar-refractivity contribution in [3.8, 4) is 0 Å². The molecule has 1 N–H and O–H groups in total. The number of hydrogen-bond donors (Lipinski definition) is 1. The summed E-state index contributed by atoms with van der Waals surface area (Å²) in [5.41, 5.74) is 0.826. The van der Waals surface area contributed by atoms with Crippen molar-refractivity contribution in [1.82, 2.24) is 10.2 Å². The molecule has 2 amide bonds. The zero-order chi connectivity index (χ0) is 28.1. The first-order valence-electron chi connectivity index (χ1n) is 12.3. The van der Waals surface area contributed by atoms with E-state index in [0.29, 0.717) is 5.69 Å². The number of rotatable bonds is 9. The molecule has 9 heteroatoms. The van der Waals surface area contributed by atoms with Crippen LogP contribution in [-0.4, -0.2) is 43.3 Å². The van der Waals surface area contributed by atoms with E-state index in [9.17, 15) is 22.4 Å². The van der Waals surface area contributed by atoms with Crippen molar-refractivity contribution in [2.45, 2.75) is 57.6 Å². The maximum absolute atomic E-state index is 14.6. The molecular formula is C29H34FN3O4S. The van der Waals surface area contributed by atoms with E-state index < -0.39 is 45.8 Å². The van der Waals surface area contributed by atoms with Crippen LogP contribution in [0.2, 0.25) is 0 Å². The second-order valence-electron chi connectivity index (χ2n) is 10.2. The lowest BCUT2D eigenvalue weighted by Crippen LogP contribution is -2.54. The fourth-order valence-corrected chi connectivity index (χ4v) is 5.24. The standard InChI is InChI=1S/C29H34FN3O4S/c1-21-15-17-25(18-16-21)38(36,37)33(24-12-7-6-8-13-24)20-27(34)32(19-23-11-9-10-14-26(23)30)22(2)28(35)31-29(3,4)5/h6-18,22H,19-20H2,1-5H3,(H,31,35)/t22-/m1/s1. The fraction of sp³-hybridized carbons (Fsp3) is 0.310. The lowest BCUT2D eigenvalue weighted by molar-refractivity contribution is -0.140. The highest BCUT2D eigenvalue weighted by molar-refractivity contribution is 7.92. The van der Waals surface area contributed by atoms with E-state index in [1.807, 2.05) is 27.7 Å². The van der Waals surface area contributed by atoms with Crippen LogP contribution in [-0.2, 0) is 26.2 Å². The Bertz CT molecular complexity index is 1370. The summed E-state index contributed by atoms with van der Waals surface area (Å²) in [5.74, 6) is -1.61. The van der Waals surface area contributed by atoms with Gasteiger partial charge in [0.05, 0.1) is 10.6 Å². The van der Waals surface area contributed by atoms with Crippen LogP contribution in [0.15, 0.2) is 83.8 Å². The summed E-state index contributed by atoms with van der Waals surface area (Å²) >= 11 is 0. The Hall–Kier alpha value is -3.72. The van der Waals surface area contributed by atoms with Gasteiger partial charge in [-0.15, -0.1) is 0 Å². The summed E-state index contributed by atoms with van der Waals surface area (Å²) in [6.45, 7) is 8.03. The van der Waals surface area contributed by atoms with Crippen LogP contribution in [0.4, 0.5) is 10.1 Å². The summed E-state index contributed by atoms with van der Waals surface area (Å²) < 4.78 is 43.0. The number of para-hydroxylation sites is 1. The molecule has 1 atom stereocenters. The van der Waals surface area contributed by atoms with Gasteiger partial charge in [-0.25, -0.2) is 12.8 Å². The first-order valence-corrected chi connectivity index (χ1v) is 13.7. The maximum atomic E-state index is 14.6. The molecule has 0 aromatic heterocycles. The minimum Gasteiger partial charge on any atom is -0.350 e. The van der Waals surface area contributed by atoms with E-state index in [4.69, 9.17) is 0 Å². The van der Waals surface area contributed by atoms with Gasteiger partial charge < -0.3 is 10.2 Å². The molecule has 7 nitrogen and oxygen atoms in total. The summed E-state index contributed by atoms with van der Waals surface area (Å²) in [4.78, 5) is 28.1. The highest BCUT2D eigenvalue weighted by Crippen LogP contribution is 2.25. The van der Waals surface area contributed by atoms with Crippen LogP contribution in [0.1, 0.15) is 38.8 Å². The number of sulfonamides is 1. The van der Waals surface area contributed by atoms with Crippen LogP contribution in [0.5, 0.6) is 0 Å². The lowest BCUT2D eigenvalue weighted by atomic mass is 10.1. The molecule has 38 heavy (non-hydrogen) atoms. The topological polar surface area (TPSA) is 86.8 Å². The number of anilines is 1. The Balaban J connectivity index is 2.02. The number of aryl methyl sites for hydroxylation is 1. The van der Waals surface area contributed by atoms with E-state index in [0.717, 1.165) is 9.87 Å². The first-order chi connectivity index (χ1) is 17.8. The minimum absolute atomic E-state index is 0.0268. The number of nitrogens with zero attached hydrogens (tertiary/aromatic N) is 2. The Morgan fingerprint density at radius 1 is 0.921 bits per heavy atom. The van der Waals surface area contributed by atoms with Crippen molar-refractivity contribution < 1.29 is 22.4 Å². The summed E-state index contributed by atoms with van der Waals surface area (Å²) in [6.07, 6.45) is 0. The average Bonchev–Trinajstić information content (AvgIpc) is 2.86. The Morgan fingerprint density at radius 3 is 2.08 bits per heavy atom. The van der Waals surface area contributed by atoms with Gasteiger partial charge in [-0.2, -0.15) is 0 Å². The van der Waals surface area contributed by atoms with Crippen molar-refractivity contribution in [2.24, 2.45) is 0 Å². The smallest absolute Gasteiger partial charge is 0.264 e. The highest BCUT2D eigenvalue weighted by atomic mass is 32.2. The van der Waals surface area contributed by atoms with Gasteiger partial charge >= 0.3 is 0 Å². The Kier molecular flexibility index (Phi) is 8.93. The average molecular weight is 540 g/mol. The summed E-state index contributed by atoms with van der Waals surface area (Å²) in [6, 6.07) is 19.6. The zero-order valence-electron chi connectivity index (χ0n) is 22.3. The molecule has 0 fully saturated rings. The molecule has 0 aliphatic carbocycles. The second kappa shape index (κ2) is 11.8. The van der Waals surface area contributed by atoms with Gasteiger partial charge in [0.25, 0.3) is 10.0 Å². The number of hydrogen-bond acceptors (Lipinski definition) is 4. The van der Waals surface area contributed by atoms with E-state index in [-0.39, 0.29) is 17.0 Å². The van der Waals surface area contributed by atoms with E-state index in [2.05, 4.69) is 5.32 Å².